The number of aliphatic hydroxyl groups is 1. The summed E-state index contributed by atoms with van der Waals surface area (Å²) in [4.78, 5) is 30.8. The molecule has 1 aromatic heterocycles. The molecule has 5 rings (SSSR count). The minimum atomic E-state index is -0.226. The SMILES string of the molecule is Cc1c(NC(=O)c2ccc(C(C)(C)C)cc2)cccc1-c1cn(C)c(=O)c(Nc2ccc(C3CCC(CO)CC3)cc2)n1. The van der Waals surface area contributed by atoms with Gasteiger partial charge in [0.15, 0.2) is 5.82 Å². The summed E-state index contributed by atoms with van der Waals surface area (Å²) in [6.07, 6.45) is 6.01. The molecule has 0 atom stereocenters. The van der Waals surface area contributed by atoms with Crippen LogP contribution in [0.5, 0.6) is 0 Å². The van der Waals surface area contributed by atoms with Gasteiger partial charge in [-0.1, -0.05) is 57.2 Å². The highest BCUT2D eigenvalue weighted by Crippen LogP contribution is 2.36. The van der Waals surface area contributed by atoms with E-state index in [1.165, 1.54) is 15.7 Å². The van der Waals surface area contributed by atoms with E-state index in [0.717, 1.165) is 42.5 Å². The molecule has 1 fully saturated rings. The Morgan fingerprint density at radius 3 is 2.28 bits per heavy atom. The molecule has 1 amide bonds. The van der Waals surface area contributed by atoms with Crippen molar-refractivity contribution >= 4 is 23.1 Å². The Morgan fingerprint density at radius 1 is 0.977 bits per heavy atom. The van der Waals surface area contributed by atoms with Crippen molar-refractivity contribution in [1.29, 1.82) is 0 Å². The van der Waals surface area contributed by atoms with Crippen LogP contribution in [-0.4, -0.2) is 27.2 Å². The first-order chi connectivity index (χ1) is 20.5. The standard InChI is InChI=1S/C36H42N4O3/c1-23-30(7-6-8-31(23)39-34(42)27-13-17-28(18-14-27)36(2,3)4)32-21-40(5)35(43)33(38-32)37-29-19-15-26(16-20-29)25-11-9-24(22-41)10-12-25/h6-8,13-21,24-25,41H,9-12,22H2,1-5H3,(H,37,38)(H,39,42). The molecule has 0 aliphatic heterocycles. The molecule has 3 N–H and O–H groups in total. The number of nitrogens with zero attached hydrogens (tertiary/aromatic N) is 2. The molecule has 7 heteroatoms. The second-order valence-electron chi connectivity index (χ2n) is 12.8. The first-order valence-corrected chi connectivity index (χ1v) is 15.1. The molecule has 0 spiro atoms. The van der Waals surface area contributed by atoms with E-state index in [0.29, 0.717) is 28.8 Å². The Bertz CT molecular complexity index is 1640. The van der Waals surface area contributed by atoms with Crippen LogP contribution in [0.15, 0.2) is 77.7 Å². The van der Waals surface area contributed by atoms with E-state index in [-0.39, 0.29) is 29.3 Å². The van der Waals surface area contributed by atoms with E-state index in [4.69, 9.17) is 4.98 Å². The van der Waals surface area contributed by atoms with Crippen LogP contribution in [-0.2, 0) is 12.5 Å². The molecule has 224 valence electrons. The summed E-state index contributed by atoms with van der Waals surface area (Å²) in [6, 6.07) is 21.6. The molecule has 0 bridgehead atoms. The minimum absolute atomic E-state index is 0.0143. The van der Waals surface area contributed by atoms with Crippen LogP contribution in [0.1, 0.15) is 79.4 Å². The lowest BCUT2D eigenvalue weighted by atomic mass is 9.79. The maximum atomic E-state index is 13.1. The van der Waals surface area contributed by atoms with Crippen molar-refractivity contribution in [3.05, 3.63) is 106 Å². The maximum Gasteiger partial charge on any atom is 0.293 e. The molecule has 1 aliphatic carbocycles. The average molecular weight is 579 g/mol. The highest BCUT2D eigenvalue weighted by Gasteiger charge is 2.22. The average Bonchev–Trinajstić information content (AvgIpc) is 3.00. The van der Waals surface area contributed by atoms with Crippen molar-refractivity contribution in [3.63, 3.8) is 0 Å². The van der Waals surface area contributed by atoms with E-state index < -0.39 is 0 Å². The zero-order valence-electron chi connectivity index (χ0n) is 25.8. The molecular weight excluding hydrogens is 536 g/mol. The fourth-order valence-electron chi connectivity index (χ4n) is 5.84. The van der Waals surface area contributed by atoms with Crippen molar-refractivity contribution in [1.82, 2.24) is 9.55 Å². The van der Waals surface area contributed by atoms with Gasteiger partial charge in [-0.2, -0.15) is 0 Å². The smallest absolute Gasteiger partial charge is 0.293 e. The Labute approximate surface area is 254 Å². The number of anilines is 3. The Morgan fingerprint density at radius 2 is 1.65 bits per heavy atom. The Hall–Kier alpha value is -4.23. The first kappa shape index (κ1) is 30.2. The number of benzene rings is 3. The van der Waals surface area contributed by atoms with E-state index in [2.05, 4.69) is 43.5 Å². The summed E-state index contributed by atoms with van der Waals surface area (Å²) < 4.78 is 1.53. The third kappa shape index (κ3) is 6.89. The highest BCUT2D eigenvalue weighted by atomic mass is 16.3. The molecule has 3 aromatic carbocycles. The number of rotatable bonds is 7. The topological polar surface area (TPSA) is 96.2 Å². The molecule has 1 heterocycles. The van der Waals surface area contributed by atoms with Gasteiger partial charge in [-0.25, -0.2) is 4.98 Å². The van der Waals surface area contributed by atoms with Crippen molar-refractivity contribution in [3.8, 4) is 11.3 Å². The van der Waals surface area contributed by atoms with E-state index in [1.54, 1.807) is 13.2 Å². The van der Waals surface area contributed by atoms with Gasteiger partial charge >= 0.3 is 0 Å². The lowest BCUT2D eigenvalue weighted by Gasteiger charge is -2.27. The number of hydrogen-bond donors (Lipinski definition) is 3. The fourth-order valence-corrected chi connectivity index (χ4v) is 5.84. The van der Waals surface area contributed by atoms with Crippen molar-refractivity contribution in [2.75, 3.05) is 17.2 Å². The number of hydrogen-bond acceptors (Lipinski definition) is 5. The maximum absolute atomic E-state index is 13.1. The minimum Gasteiger partial charge on any atom is -0.396 e. The molecule has 43 heavy (non-hydrogen) atoms. The third-order valence-electron chi connectivity index (χ3n) is 8.69. The lowest BCUT2D eigenvalue weighted by molar-refractivity contribution is 0.102. The Balaban J connectivity index is 1.34. The van der Waals surface area contributed by atoms with Crippen LogP contribution in [0.4, 0.5) is 17.2 Å². The van der Waals surface area contributed by atoms with Gasteiger partial charge in [-0.3, -0.25) is 9.59 Å². The zero-order valence-corrected chi connectivity index (χ0v) is 25.8. The van der Waals surface area contributed by atoms with Crippen LogP contribution < -0.4 is 16.2 Å². The summed E-state index contributed by atoms with van der Waals surface area (Å²) in [5.74, 6) is 0.994. The van der Waals surface area contributed by atoms with Crippen molar-refractivity contribution < 1.29 is 9.90 Å². The predicted molar refractivity (Wildman–Crippen MR) is 174 cm³/mol. The molecule has 1 saturated carbocycles. The number of aromatic nitrogens is 2. The summed E-state index contributed by atoms with van der Waals surface area (Å²) in [5.41, 5.74) is 6.64. The highest BCUT2D eigenvalue weighted by molar-refractivity contribution is 6.05. The Kier molecular flexibility index (Phi) is 8.83. The van der Waals surface area contributed by atoms with E-state index in [1.807, 2.05) is 61.5 Å². The van der Waals surface area contributed by atoms with Gasteiger partial charge < -0.3 is 20.3 Å². The van der Waals surface area contributed by atoms with Crippen LogP contribution in [0.3, 0.4) is 0 Å². The lowest BCUT2D eigenvalue weighted by Crippen LogP contribution is -2.21. The summed E-state index contributed by atoms with van der Waals surface area (Å²) in [7, 11) is 1.72. The van der Waals surface area contributed by atoms with Gasteiger partial charge in [-0.05, 0) is 96.9 Å². The number of carbonyl (C=O) groups is 1. The summed E-state index contributed by atoms with van der Waals surface area (Å²) in [5, 5.41) is 15.7. The predicted octanol–water partition coefficient (Wildman–Crippen LogP) is 7.32. The fraction of sp³-hybridized carbons (Fsp3) is 0.361. The number of aliphatic hydroxyl groups excluding tert-OH is 1. The van der Waals surface area contributed by atoms with Gasteiger partial charge in [0, 0.05) is 42.4 Å². The van der Waals surface area contributed by atoms with Crippen LogP contribution in [0, 0.1) is 12.8 Å². The number of amides is 1. The third-order valence-corrected chi connectivity index (χ3v) is 8.69. The van der Waals surface area contributed by atoms with Gasteiger partial charge in [0.1, 0.15) is 0 Å². The number of carbonyl (C=O) groups excluding carboxylic acids is 1. The largest absolute Gasteiger partial charge is 0.396 e. The quantitative estimate of drug-likeness (QED) is 0.214. The molecule has 4 aromatic rings. The van der Waals surface area contributed by atoms with E-state index in [9.17, 15) is 14.7 Å². The molecule has 0 unspecified atom stereocenters. The monoisotopic (exact) mass is 578 g/mol. The molecule has 0 radical (unpaired) electrons. The van der Waals surface area contributed by atoms with Crippen LogP contribution in [0.25, 0.3) is 11.3 Å². The number of aryl methyl sites for hydroxylation is 1. The van der Waals surface area contributed by atoms with Crippen molar-refractivity contribution in [2.45, 2.75) is 64.7 Å². The molecule has 0 saturated heterocycles. The second kappa shape index (κ2) is 12.6. The molecule has 1 aliphatic rings. The van der Waals surface area contributed by atoms with Gasteiger partial charge in [0.05, 0.1) is 5.69 Å². The van der Waals surface area contributed by atoms with Crippen LogP contribution in [0.2, 0.25) is 0 Å². The van der Waals surface area contributed by atoms with E-state index >= 15 is 0 Å². The molecular formula is C36H42N4O3. The first-order valence-electron chi connectivity index (χ1n) is 15.1. The number of nitrogens with one attached hydrogen (secondary N) is 2. The second-order valence-corrected chi connectivity index (χ2v) is 12.8. The summed E-state index contributed by atoms with van der Waals surface area (Å²) >= 11 is 0. The van der Waals surface area contributed by atoms with Crippen LogP contribution >= 0.6 is 0 Å². The van der Waals surface area contributed by atoms with Gasteiger partial charge in [0.2, 0.25) is 0 Å². The van der Waals surface area contributed by atoms with Gasteiger partial charge in [-0.15, -0.1) is 0 Å². The van der Waals surface area contributed by atoms with Gasteiger partial charge in [0.25, 0.3) is 11.5 Å². The summed E-state index contributed by atoms with van der Waals surface area (Å²) in [6.45, 7) is 8.66. The zero-order chi connectivity index (χ0) is 30.7. The van der Waals surface area contributed by atoms with Crippen molar-refractivity contribution in [2.24, 2.45) is 13.0 Å². The molecule has 7 nitrogen and oxygen atoms in total. The normalized spacial score (nSPS) is 17.0.